The first-order valence-corrected chi connectivity index (χ1v) is 11.5. The zero-order valence-corrected chi connectivity index (χ0v) is 17.8. The van der Waals surface area contributed by atoms with Crippen LogP contribution in [0.2, 0.25) is 0 Å². The lowest BCUT2D eigenvalue weighted by Crippen LogP contribution is -2.26. The molecule has 2 aromatic rings. The van der Waals surface area contributed by atoms with Crippen molar-refractivity contribution in [1.82, 2.24) is 15.0 Å². The first kappa shape index (κ1) is 20.3. The van der Waals surface area contributed by atoms with Crippen LogP contribution < -0.4 is 4.74 Å². The van der Waals surface area contributed by atoms with Crippen molar-refractivity contribution < 1.29 is 14.6 Å². The number of benzene rings is 1. The van der Waals surface area contributed by atoms with Gasteiger partial charge in [-0.15, -0.1) is 5.10 Å². The number of hydrogen-bond donors (Lipinski definition) is 1. The Hall–Kier alpha value is -2.02. The minimum atomic E-state index is -1.00. The van der Waals surface area contributed by atoms with Crippen molar-refractivity contribution in [3.05, 3.63) is 41.2 Å². The SMILES string of the molecule is COc1ccc(Cn2nnc(C(=O)O)c2CSC2CCC3(CCCC3)CC2)cc1. The van der Waals surface area contributed by atoms with Gasteiger partial charge >= 0.3 is 5.97 Å². The van der Waals surface area contributed by atoms with E-state index in [-0.39, 0.29) is 5.69 Å². The molecule has 156 valence electrons. The molecule has 0 atom stereocenters. The molecule has 0 bridgehead atoms. The monoisotopic (exact) mass is 415 g/mol. The summed E-state index contributed by atoms with van der Waals surface area (Å²) >= 11 is 1.88. The number of hydrogen-bond acceptors (Lipinski definition) is 5. The fourth-order valence-corrected chi connectivity index (χ4v) is 6.11. The lowest BCUT2D eigenvalue weighted by Gasteiger charge is -2.37. The number of carbonyl (C=O) groups is 1. The van der Waals surface area contributed by atoms with Crippen LogP contribution in [-0.2, 0) is 12.3 Å². The highest BCUT2D eigenvalue weighted by atomic mass is 32.2. The van der Waals surface area contributed by atoms with Crippen LogP contribution in [0.3, 0.4) is 0 Å². The predicted molar refractivity (Wildman–Crippen MR) is 114 cm³/mol. The zero-order valence-electron chi connectivity index (χ0n) is 17.0. The summed E-state index contributed by atoms with van der Waals surface area (Å²) < 4.78 is 6.94. The number of nitrogens with zero attached hydrogens (tertiary/aromatic N) is 3. The largest absolute Gasteiger partial charge is 0.497 e. The lowest BCUT2D eigenvalue weighted by atomic mass is 9.73. The summed E-state index contributed by atoms with van der Waals surface area (Å²) in [6.45, 7) is 0.508. The topological polar surface area (TPSA) is 77.2 Å². The van der Waals surface area contributed by atoms with Gasteiger partial charge in [0.15, 0.2) is 5.69 Å². The minimum Gasteiger partial charge on any atom is -0.497 e. The van der Waals surface area contributed by atoms with E-state index in [0.717, 1.165) is 11.3 Å². The van der Waals surface area contributed by atoms with Gasteiger partial charge in [-0.25, -0.2) is 9.48 Å². The number of ether oxygens (including phenoxy) is 1. The van der Waals surface area contributed by atoms with Gasteiger partial charge in [-0.2, -0.15) is 11.8 Å². The average molecular weight is 416 g/mol. The maximum Gasteiger partial charge on any atom is 0.358 e. The minimum absolute atomic E-state index is 0.0779. The number of rotatable bonds is 7. The number of carboxylic acid groups (broad SMARTS) is 1. The van der Waals surface area contributed by atoms with Gasteiger partial charge in [0.2, 0.25) is 0 Å². The summed E-state index contributed by atoms with van der Waals surface area (Å²) in [4.78, 5) is 11.7. The quantitative estimate of drug-likeness (QED) is 0.702. The van der Waals surface area contributed by atoms with Crippen LogP contribution in [0.25, 0.3) is 0 Å². The molecule has 0 radical (unpaired) electrons. The fraction of sp³-hybridized carbons (Fsp3) is 0.591. The Labute approximate surface area is 176 Å². The molecule has 1 spiro atoms. The van der Waals surface area contributed by atoms with Crippen LogP contribution in [-0.4, -0.2) is 38.4 Å². The summed E-state index contributed by atoms with van der Waals surface area (Å²) in [5.74, 6) is 0.435. The highest BCUT2D eigenvalue weighted by Crippen LogP contribution is 2.50. The highest BCUT2D eigenvalue weighted by molar-refractivity contribution is 7.99. The Balaban J connectivity index is 1.41. The Kier molecular flexibility index (Phi) is 6.13. The lowest BCUT2D eigenvalue weighted by molar-refractivity contribution is 0.0689. The van der Waals surface area contributed by atoms with Gasteiger partial charge in [0.25, 0.3) is 0 Å². The highest BCUT2D eigenvalue weighted by Gasteiger charge is 2.37. The molecule has 0 saturated heterocycles. The van der Waals surface area contributed by atoms with Crippen molar-refractivity contribution in [2.45, 2.75) is 68.9 Å². The van der Waals surface area contributed by atoms with E-state index in [4.69, 9.17) is 4.74 Å². The van der Waals surface area contributed by atoms with E-state index in [1.54, 1.807) is 11.8 Å². The Morgan fingerprint density at radius 2 is 1.90 bits per heavy atom. The standard InChI is InChI=1S/C22H29N3O3S/c1-28-17-6-4-16(5-7-17)14-25-19(20(21(26)27)23-24-25)15-29-18-8-12-22(13-9-18)10-2-3-11-22/h4-7,18H,2-3,8-15H2,1H3,(H,26,27). The molecule has 0 amide bonds. The summed E-state index contributed by atoms with van der Waals surface area (Å²) in [5, 5.41) is 18.2. The number of aromatic carboxylic acids is 1. The molecule has 2 saturated carbocycles. The Bertz CT molecular complexity index is 833. The smallest absolute Gasteiger partial charge is 0.358 e. The van der Waals surface area contributed by atoms with Crippen LogP contribution >= 0.6 is 11.8 Å². The van der Waals surface area contributed by atoms with E-state index in [9.17, 15) is 9.90 Å². The molecule has 7 heteroatoms. The van der Waals surface area contributed by atoms with E-state index in [1.165, 1.54) is 51.4 Å². The van der Waals surface area contributed by atoms with Gasteiger partial charge in [-0.1, -0.05) is 30.2 Å². The fourth-order valence-electron chi connectivity index (χ4n) is 4.86. The second kappa shape index (κ2) is 8.78. The van der Waals surface area contributed by atoms with Gasteiger partial charge in [0.1, 0.15) is 5.75 Å². The molecular weight excluding hydrogens is 386 g/mol. The maximum absolute atomic E-state index is 11.7. The average Bonchev–Trinajstić information content (AvgIpc) is 3.36. The molecular formula is C22H29N3O3S. The van der Waals surface area contributed by atoms with Crippen molar-refractivity contribution in [2.24, 2.45) is 5.41 Å². The molecule has 0 unspecified atom stereocenters. The van der Waals surface area contributed by atoms with E-state index in [2.05, 4.69) is 10.3 Å². The molecule has 6 nitrogen and oxygen atoms in total. The van der Waals surface area contributed by atoms with Gasteiger partial charge in [-0.05, 0) is 61.6 Å². The molecule has 1 aromatic carbocycles. The first-order valence-electron chi connectivity index (χ1n) is 10.5. The molecule has 0 aliphatic heterocycles. The summed E-state index contributed by atoms with van der Waals surface area (Å²) in [5.41, 5.74) is 2.45. The van der Waals surface area contributed by atoms with E-state index >= 15 is 0 Å². The third-order valence-corrected chi connectivity index (χ3v) is 8.03. The molecule has 4 rings (SSSR count). The number of methoxy groups -OCH3 is 1. The van der Waals surface area contributed by atoms with Gasteiger partial charge < -0.3 is 9.84 Å². The number of aromatic nitrogens is 3. The Morgan fingerprint density at radius 1 is 1.21 bits per heavy atom. The van der Waals surface area contributed by atoms with Gasteiger partial charge in [-0.3, -0.25) is 0 Å². The molecule has 1 heterocycles. The first-order chi connectivity index (χ1) is 14.1. The molecule has 1 N–H and O–H groups in total. The van der Waals surface area contributed by atoms with Crippen molar-refractivity contribution in [2.75, 3.05) is 7.11 Å². The third-order valence-electron chi connectivity index (χ3n) is 6.64. The van der Waals surface area contributed by atoms with E-state index in [1.807, 2.05) is 36.0 Å². The van der Waals surface area contributed by atoms with Crippen LogP contribution in [0.4, 0.5) is 0 Å². The normalized spacial score (nSPS) is 18.9. The van der Waals surface area contributed by atoms with Crippen molar-refractivity contribution in [3.8, 4) is 5.75 Å². The number of thioether (sulfide) groups is 1. The molecule has 2 aliphatic carbocycles. The van der Waals surface area contributed by atoms with E-state index < -0.39 is 5.97 Å². The third kappa shape index (κ3) is 4.60. The van der Waals surface area contributed by atoms with E-state index in [0.29, 0.717) is 28.7 Å². The van der Waals surface area contributed by atoms with Gasteiger partial charge in [0, 0.05) is 11.0 Å². The molecule has 29 heavy (non-hydrogen) atoms. The van der Waals surface area contributed by atoms with Crippen molar-refractivity contribution >= 4 is 17.7 Å². The summed E-state index contributed by atoms with van der Waals surface area (Å²) in [6, 6.07) is 7.75. The van der Waals surface area contributed by atoms with Crippen LogP contribution in [0.5, 0.6) is 5.75 Å². The van der Waals surface area contributed by atoms with Crippen LogP contribution in [0.15, 0.2) is 24.3 Å². The van der Waals surface area contributed by atoms with Gasteiger partial charge in [0.05, 0.1) is 19.3 Å². The molecule has 1 aromatic heterocycles. The predicted octanol–water partition coefficient (Wildman–Crippen LogP) is 4.77. The summed E-state index contributed by atoms with van der Waals surface area (Å²) in [7, 11) is 1.64. The summed E-state index contributed by atoms with van der Waals surface area (Å²) in [6.07, 6.45) is 10.8. The van der Waals surface area contributed by atoms with Crippen molar-refractivity contribution in [1.29, 1.82) is 0 Å². The van der Waals surface area contributed by atoms with Crippen molar-refractivity contribution in [3.63, 3.8) is 0 Å². The number of carboxylic acids is 1. The van der Waals surface area contributed by atoms with Crippen LogP contribution in [0.1, 0.15) is 73.1 Å². The second-order valence-electron chi connectivity index (χ2n) is 8.41. The molecule has 2 aliphatic rings. The van der Waals surface area contributed by atoms with Crippen LogP contribution in [0, 0.1) is 5.41 Å². The zero-order chi connectivity index (χ0) is 20.3. The Morgan fingerprint density at radius 3 is 2.52 bits per heavy atom. The second-order valence-corrected chi connectivity index (χ2v) is 9.70. The maximum atomic E-state index is 11.7. The molecule has 2 fully saturated rings.